The lowest BCUT2D eigenvalue weighted by molar-refractivity contribution is 0.416. The van der Waals surface area contributed by atoms with E-state index in [4.69, 9.17) is 5.73 Å². The maximum Gasteiger partial charge on any atom is 0.115 e. The van der Waals surface area contributed by atoms with E-state index in [1.54, 1.807) is 6.07 Å². The molecule has 14 heavy (non-hydrogen) atoms. The van der Waals surface area contributed by atoms with Crippen molar-refractivity contribution in [2.24, 2.45) is 11.1 Å². The standard InChI is InChI=1S/C12H17NO/c1-9(13)12(5-6-12)8-10-3-2-4-11(14)7-10/h2-4,7,9,14H,5-6,8,13H2,1H3. The summed E-state index contributed by atoms with van der Waals surface area (Å²) >= 11 is 0. The lowest BCUT2D eigenvalue weighted by atomic mass is 9.90. The number of rotatable bonds is 3. The second-order valence-electron chi connectivity index (χ2n) is 4.50. The zero-order chi connectivity index (χ0) is 10.2. The quantitative estimate of drug-likeness (QED) is 0.768. The van der Waals surface area contributed by atoms with Crippen LogP contribution < -0.4 is 5.73 Å². The van der Waals surface area contributed by atoms with Crippen LogP contribution in [0.15, 0.2) is 24.3 Å². The van der Waals surface area contributed by atoms with Gasteiger partial charge in [0.25, 0.3) is 0 Å². The number of phenolic OH excluding ortho intramolecular Hbond substituents is 1. The van der Waals surface area contributed by atoms with Gasteiger partial charge in [-0.15, -0.1) is 0 Å². The maximum absolute atomic E-state index is 9.34. The monoisotopic (exact) mass is 191 g/mol. The van der Waals surface area contributed by atoms with Gasteiger partial charge in [0.1, 0.15) is 5.75 Å². The molecular formula is C12H17NO. The fourth-order valence-corrected chi connectivity index (χ4v) is 2.03. The van der Waals surface area contributed by atoms with E-state index in [0.29, 0.717) is 11.2 Å². The molecule has 0 radical (unpaired) electrons. The maximum atomic E-state index is 9.34. The SMILES string of the molecule is CC(N)C1(Cc2cccc(O)c2)CC1. The highest BCUT2D eigenvalue weighted by molar-refractivity contribution is 5.29. The largest absolute Gasteiger partial charge is 0.508 e. The van der Waals surface area contributed by atoms with Crippen LogP contribution in [0.2, 0.25) is 0 Å². The van der Waals surface area contributed by atoms with Crippen LogP contribution >= 0.6 is 0 Å². The summed E-state index contributed by atoms with van der Waals surface area (Å²) in [5, 5.41) is 9.34. The summed E-state index contributed by atoms with van der Waals surface area (Å²) in [5.41, 5.74) is 7.46. The molecule has 0 aliphatic heterocycles. The minimum absolute atomic E-state index is 0.254. The normalized spacial score (nSPS) is 20.4. The predicted octanol–water partition coefficient (Wildman–Crippen LogP) is 2.06. The van der Waals surface area contributed by atoms with E-state index in [1.165, 1.54) is 18.4 Å². The summed E-state index contributed by atoms with van der Waals surface area (Å²) < 4.78 is 0. The molecular weight excluding hydrogens is 174 g/mol. The van der Waals surface area contributed by atoms with Crippen LogP contribution in [-0.2, 0) is 6.42 Å². The molecule has 0 spiro atoms. The minimum Gasteiger partial charge on any atom is -0.508 e. The summed E-state index contributed by atoms with van der Waals surface area (Å²) in [6.07, 6.45) is 3.44. The van der Waals surface area contributed by atoms with E-state index < -0.39 is 0 Å². The van der Waals surface area contributed by atoms with Crippen molar-refractivity contribution in [3.8, 4) is 5.75 Å². The van der Waals surface area contributed by atoms with Crippen molar-refractivity contribution in [2.75, 3.05) is 0 Å². The van der Waals surface area contributed by atoms with Crippen LogP contribution in [0.4, 0.5) is 0 Å². The minimum atomic E-state index is 0.254. The average molecular weight is 191 g/mol. The average Bonchev–Trinajstić information content (AvgIpc) is 2.85. The molecule has 0 aromatic heterocycles. The first-order valence-electron chi connectivity index (χ1n) is 5.16. The Kier molecular flexibility index (Phi) is 2.23. The van der Waals surface area contributed by atoms with Gasteiger partial charge in [0.2, 0.25) is 0 Å². The second-order valence-corrected chi connectivity index (χ2v) is 4.50. The Hall–Kier alpha value is -1.02. The van der Waals surface area contributed by atoms with Gasteiger partial charge in [0.05, 0.1) is 0 Å². The Bertz CT molecular complexity index is 329. The van der Waals surface area contributed by atoms with E-state index in [0.717, 1.165) is 6.42 Å². The molecule has 1 fully saturated rings. The van der Waals surface area contributed by atoms with Crippen LogP contribution in [-0.4, -0.2) is 11.1 Å². The van der Waals surface area contributed by atoms with E-state index in [-0.39, 0.29) is 6.04 Å². The third-order valence-corrected chi connectivity index (χ3v) is 3.32. The van der Waals surface area contributed by atoms with Crippen LogP contribution in [0.25, 0.3) is 0 Å². The number of hydrogen-bond donors (Lipinski definition) is 2. The molecule has 3 N–H and O–H groups in total. The molecule has 1 aromatic rings. The molecule has 2 heteroatoms. The molecule has 1 aliphatic rings. The van der Waals surface area contributed by atoms with E-state index in [1.807, 2.05) is 12.1 Å². The summed E-state index contributed by atoms with van der Waals surface area (Å²) in [5.74, 6) is 0.350. The van der Waals surface area contributed by atoms with Crippen molar-refractivity contribution >= 4 is 0 Å². The highest BCUT2D eigenvalue weighted by Gasteiger charge is 2.45. The van der Waals surface area contributed by atoms with E-state index in [2.05, 4.69) is 13.0 Å². The first-order chi connectivity index (χ1) is 6.62. The number of aromatic hydroxyl groups is 1. The number of benzene rings is 1. The Morgan fingerprint density at radius 1 is 1.50 bits per heavy atom. The lowest BCUT2D eigenvalue weighted by Gasteiger charge is -2.19. The third-order valence-electron chi connectivity index (χ3n) is 3.32. The Labute approximate surface area is 84.7 Å². The lowest BCUT2D eigenvalue weighted by Crippen LogP contribution is -2.29. The third kappa shape index (κ3) is 1.75. The Morgan fingerprint density at radius 2 is 2.21 bits per heavy atom. The molecule has 2 nitrogen and oxygen atoms in total. The van der Waals surface area contributed by atoms with Gasteiger partial charge < -0.3 is 10.8 Å². The summed E-state index contributed by atoms with van der Waals surface area (Å²) in [6.45, 7) is 2.08. The molecule has 0 saturated heterocycles. The van der Waals surface area contributed by atoms with Crippen LogP contribution in [0.5, 0.6) is 5.75 Å². The van der Waals surface area contributed by atoms with Gasteiger partial charge in [0.15, 0.2) is 0 Å². The molecule has 1 saturated carbocycles. The van der Waals surface area contributed by atoms with Crippen molar-refractivity contribution < 1.29 is 5.11 Å². The summed E-state index contributed by atoms with van der Waals surface area (Å²) in [7, 11) is 0. The van der Waals surface area contributed by atoms with E-state index in [9.17, 15) is 5.11 Å². The molecule has 0 bridgehead atoms. The number of nitrogens with two attached hydrogens (primary N) is 1. The molecule has 2 rings (SSSR count). The first-order valence-corrected chi connectivity index (χ1v) is 5.16. The molecule has 1 aromatic carbocycles. The summed E-state index contributed by atoms with van der Waals surface area (Å²) in [6, 6.07) is 7.74. The van der Waals surface area contributed by atoms with Crippen molar-refractivity contribution in [3.63, 3.8) is 0 Å². The van der Waals surface area contributed by atoms with Gasteiger partial charge in [-0.2, -0.15) is 0 Å². The zero-order valence-corrected chi connectivity index (χ0v) is 8.53. The predicted molar refractivity (Wildman–Crippen MR) is 57.1 cm³/mol. The smallest absolute Gasteiger partial charge is 0.115 e. The van der Waals surface area contributed by atoms with Gasteiger partial charge in [-0.05, 0) is 49.3 Å². The topological polar surface area (TPSA) is 46.2 Å². The highest BCUT2D eigenvalue weighted by Crippen LogP contribution is 2.50. The first kappa shape index (κ1) is 9.53. The van der Waals surface area contributed by atoms with Gasteiger partial charge >= 0.3 is 0 Å². The van der Waals surface area contributed by atoms with Crippen molar-refractivity contribution in [3.05, 3.63) is 29.8 Å². The zero-order valence-electron chi connectivity index (χ0n) is 8.53. The highest BCUT2D eigenvalue weighted by atomic mass is 16.3. The molecule has 1 atom stereocenters. The van der Waals surface area contributed by atoms with Crippen LogP contribution in [0, 0.1) is 5.41 Å². The van der Waals surface area contributed by atoms with Crippen molar-refractivity contribution in [2.45, 2.75) is 32.2 Å². The Morgan fingerprint density at radius 3 is 2.71 bits per heavy atom. The number of hydrogen-bond acceptors (Lipinski definition) is 2. The van der Waals surface area contributed by atoms with Gasteiger partial charge in [-0.1, -0.05) is 12.1 Å². The molecule has 76 valence electrons. The molecule has 1 aliphatic carbocycles. The molecule has 0 amide bonds. The van der Waals surface area contributed by atoms with Crippen LogP contribution in [0.3, 0.4) is 0 Å². The molecule has 1 unspecified atom stereocenters. The fourth-order valence-electron chi connectivity index (χ4n) is 2.03. The van der Waals surface area contributed by atoms with Crippen LogP contribution in [0.1, 0.15) is 25.3 Å². The van der Waals surface area contributed by atoms with Gasteiger partial charge in [-0.3, -0.25) is 0 Å². The van der Waals surface area contributed by atoms with Crippen molar-refractivity contribution in [1.29, 1.82) is 0 Å². The second kappa shape index (κ2) is 3.28. The van der Waals surface area contributed by atoms with E-state index >= 15 is 0 Å². The van der Waals surface area contributed by atoms with Crippen molar-refractivity contribution in [1.82, 2.24) is 0 Å². The number of phenols is 1. The van der Waals surface area contributed by atoms with Gasteiger partial charge in [-0.25, -0.2) is 0 Å². The van der Waals surface area contributed by atoms with Gasteiger partial charge in [0, 0.05) is 6.04 Å². The Balaban J connectivity index is 2.11. The fraction of sp³-hybridized carbons (Fsp3) is 0.500. The molecule has 0 heterocycles. The summed E-state index contributed by atoms with van der Waals surface area (Å²) in [4.78, 5) is 0.